The van der Waals surface area contributed by atoms with Crippen LogP contribution in [0.15, 0.2) is 91.0 Å². The van der Waals surface area contributed by atoms with E-state index in [1.165, 1.54) is 0 Å². The maximum atomic E-state index is 6.49. The second-order valence-corrected chi connectivity index (χ2v) is 12.4. The molecule has 8 bridgehead atoms. The van der Waals surface area contributed by atoms with E-state index in [0.29, 0.717) is 52.5 Å². The number of ether oxygens (including phenoxy) is 1. The van der Waals surface area contributed by atoms with Crippen molar-refractivity contribution < 1.29 is 4.74 Å². The van der Waals surface area contributed by atoms with Crippen molar-refractivity contribution in [2.45, 2.75) is 0 Å². The van der Waals surface area contributed by atoms with Crippen LogP contribution in [0.2, 0.25) is 0 Å². The Morgan fingerprint density at radius 3 is 1.55 bits per heavy atom. The summed E-state index contributed by atoms with van der Waals surface area (Å²) >= 11 is 0. The monoisotopic (exact) mass is 642 g/mol. The van der Waals surface area contributed by atoms with Crippen molar-refractivity contribution in [3.63, 3.8) is 0 Å². The van der Waals surface area contributed by atoms with Gasteiger partial charge < -0.3 is 20.0 Å². The first kappa shape index (κ1) is 28.0. The van der Waals surface area contributed by atoms with Gasteiger partial charge in [-0.2, -0.15) is 0 Å². The summed E-state index contributed by atoms with van der Waals surface area (Å²) < 4.78 is 6.49. The maximum Gasteiger partial charge on any atom is 0.168 e. The van der Waals surface area contributed by atoms with Crippen LogP contribution in [0.1, 0.15) is 0 Å². The van der Waals surface area contributed by atoms with Gasteiger partial charge in [0.05, 0.1) is 5.56 Å². The van der Waals surface area contributed by atoms with Gasteiger partial charge in [-0.1, -0.05) is 84.9 Å². The van der Waals surface area contributed by atoms with Crippen molar-refractivity contribution in [3.05, 3.63) is 91.0 Å². The van der Waals surface area contributed by atoms with Crippen LogP contribution in [0.4, 0.5) is 0 Å². The standard InChI is InChI=1S/C38H30N10O/c1-2-9-23-22(8-1)31-40-32(23)42-34-26-12-5-6-13-27(26)36(44-34)46-38-30-28(14-7-15-29(30)49-21-20-48-18-16-39-17-19-48)37(47-38)45-35-25-11-4-3-10-24(25)33(41-31)43-35/h1-15,39H,16-21H2,(H2,40,41,42,43,44,45,46,47). The molecule has 0 saturated carbocycles. The molecule has 7 aromatic rings. The fourth-order valence-electron chi connectivity index (χ4n) is 7.00. The van der Waals surface area contributed by atoms with Crippen LogP contribution in [-0.4, -0.2) is 84.1 Å². The van der Waals surface area contributed by atoms with Crippen LogP contribution in [0.3, 0.4) is 0 Å². The zero-order valence-electron chi connectivity index (χ0n) is 26.4. The Labute approximate surface area is 280 Å². The quantitative estimate of drug-likeness (QED) is 0.207. The SMILES string of the molecule is c1ccc2c(c1)-c1nc-2nc2[nH]c(nc3nc(nc4[nH]c(n1)c1ccccc41)-c1cccc(OCCN4CCNCC4)c1-3)c1ccccc21. The summed E-state index contributed by atoms with van der Waals surface area (Å²) in [5, 5.41) is 7.15. The first-order valence-electron chi connectivity index (χ1n) is 16.6. The lowest BCUT2D eigenvalue weighted by atomic mass is 10.1. The van der Waals surface area contributed by atoms with E-state index < -0.39 is 0 Å². The minimum Gasteiger partial charge on any atom is -0.491 e. The molecule has 6 heterocycles. The number of hydrogen-bond donors (Lipinski definition) is 3. The second-order valence-electron chi connectivity index (χ2n) is 12.4. The molecule has 4 aromatic carbocycles. The molecule has 3 aliphatic heterocycles. The number of benzene rings is 4. The maximum absolute atomic E-state index is 6.49. The molecule has 3 N–H and O–H groups in total. The van der Waals surface area contributed by atoms with Crippen molar-refractivity contribution in [1.82, 2.24) is 50.1 Å². The highest BCUT2D eigenvalue weighted by molar-refractivity contribution is 6.06. The number of H-pyrrole nitrogens is 2. The molecule has 0 atom stereocenters. The molecular formula is C38H30N10O. The number of rotatable bonds is 4. The highest BCUT2D eigenvalue weighted by Gasteiger charge is 2.25. The average molecular weight is 643 g/mol. The van der Waals surface area contributed by atoms with Gasteiger partial charge in [-0.15, -0.1) is 0 Å². The van der Waals surface area contributed by atoms with E-state index >= 15 is 0 Å². The molecule has 3 aliphatic rings. The predicted molar refractivity (Wildman–Crippen MR) is 191 cm³/mol. The number of nitrogens with one attached hydrogen (secondary N) is 3. The minimum atomic E-state index is 0.525. The topological polar surface area (TPSA) is 133 Å². The van der Waals surface area contributed by atoms with Gasteiger partial charge in [0, 0.05) is 71.0 Å². The summed E-state index contributed by atoms with van der Waals surface area (Å²) in [6, 6.07) is 30.3. The Morgan fingerprint density at radius 2 is 0.980 bits per heavy atom. The molecule has 10 rings (SSSR count). The lowest BCUT2D eigenvalue weighted by Crippen LogP contribution is -2.44. The van der Waals surface area contributed by atoms with Crippen molar-refractivity contribution in [2.75, 3.05) is 39.3 Å². The van der Waals surface area contributed by atoms with Crippen LogP contribution in [0.25, 0.3) is 89.7 Å². The van der Waals surface area contributed by atoms with E-state index in [4.69, 9.17) is 34.6 Å². The molecule has 0 unspecified atom stereocenters. The van der Waals surface area contributed by atoms with E-state index in [1.54, 1.807) is 0 Å². The van der Waals surface area contributed by atoms with Crippen molar-refractivity contribution in [2.24, 2.45) is 0 Å². The van der Waals surface area contributed by atoms with Gasteiger partial charge in [0.25, 0.3) is 0 Å². The van der Waals surface area contributed by atoms with Crippen LogP contribution in [-0.2, 0) is 0 Å². The highest BCUT2D eigenvalue weighted by Crippen LogP contribution is 2.41. The molecular weight excluding hydrogens is 612 g/mol. The Balaban J connectivity index is 1.26. The van der Waals surface area contributed by atoms with E-state index in [9.17, 15) is 0 Å². The first-order valence-corrected chi connectivity index (χ1v) is 16.6. The third-order valence-electron chi connectivity index (χ3n) is 9.42. The summed E-state index contributed by atoms with van der Waals surface area (Å²) in [7, 11) is 0. The molecule has 0 radical (unpaired) electrons. The van der Waals surface area contributed by atoms with Crippen LogP contribution < -0.4 is 10.1 Å². The van der Waals surface area contributed by atoms with Gasteiger partial charge in [0.1, 0.15) is 34.9 Å². The number of fused-ring (bicyclic) bond motifs is 20. The molecule has 11 heteroatoms. The zero-order chi connectivity index (χ0) is 32.3. The lowest BCUT2D eigenvalue weighted by Gasteiger charge is -2.27. The minimum absolute atomic E-state index is 0.525. The fraction of sp³-hybridized carbons (Fsp3) is 0.158. The molecule has 0 amide bonds. The molecule has 3 aromatic heterocycles. The number of aromatic nitrogens is 8. The molecule has 11 nitrogen and oxygen atoms in total. The van der Waals surface area contributed by atoms with Gasteiger partial charge in [-0.05, 0) is 6.07 Å². The van der Waals surface area contributed by atoms with Crippen molar-refractivity contribution in [3.8, 4) is 51.3 Å². The molecule has 238 valence electrons. The van der Waals surface area contributed by atoms with E-state index in [1.807, 2.05) is 91.0 Å². The molecule has 49 heavy (non-hydrogen) atoms. The van der Waals surface area contributed by atoms with E-state index in [-0.39, 0.29) is 0 Å². The first-order chi connectivity index (χ1) is 24.3. The number of hydrogen-bond acceptors (Lipinski definition) is 9. The van der Waals surface area contributed by atoms with E-state index in [0.717, 1.165) is 82.3 Å². The Bertz CT molecular complexity index is 2600. The summed E-state index contributed by atoms with van der Waals surface area (Å²) in [6.45, 7) is 5.41. The normalized spacial score (nSPS) is 14.2. The predicted octanol–water partition coefficient (Wildman–Crippen LogP) is 6.15. The summed E-state index contributed by atoms with van der Waals surface area (Å²) in [5.41, 5.74) is 6.14. The molecule has 0 aliphatic carbocycles. The van der Waals surface area contributed by atoms with Crippen molar-refractivity contribution >= 4 is 44.1 Å². The van der Waals surface area contributed by atoms with Crippen LogP contribution in [0.5, 0.6) is 5.75 Å². The molecule has 1 saturated heterocycles. The zero-order valence-corrected chi connectivity index (χ0v) is 26.4. The molecule has 0 spiro atoms. The highest BCUT2D eigenvalue weighted by atomic mass is 16.5. The third kappa shape index (κ3) is 4.73. The van der Waals surface area contributed by atoms with Crippen LogP contribution >= 0.6 is 0 Å². The Morgan fingerprint density at radius 1 is 0.510 bits per heavy atom. The van der Waals surface area contributed by atoms with Crippen molar-refractivity contribution in [1.29, 1.82) is 0 Å². The Kier molecular flexibility index (Phi) is 6.46. The van der Waals surface area contributed by atoms with Crippen LogP contribution in [0, 0.1) is 0 Å². The number of piperazine rings is 1. The van der Waals surface area contributed by atoms with Gasteiger partial charge in [-0.3, -0.25) is 4.90 Å². The Hall–Kier alpha value is -6.04. The van der Waals surface area contributed by atoms with E-state index in [2.05, 4.69) is 20.2 Å². The smallest absolute Gasteiger partial charge is 0.168 e. The molecule has 1 fully saturated rings. The largest absolute Gasteiger partial charge is 0.491 e. The third-order valence-corrected chi connectivity index (χ3v) is 9.42. The summed E-state index contributed by atoms with van der Waals surface area (Å²) in [6.07, 6.45) is 0. The lowest BCUT2D eigenvalue weighted by molar-refractivity contribution is 0.191. The number of aromatic amines is 2. The summed E-state index contributed by atoms with van der Waals surface area (Å²) in [5.74, 6) is 2.97. The number of nitrogens with zero attached hydrogens (tertiary/aromatic N) is 7. The van der Waals surface area contributed by atoms with Gasteiger partial charge in [0.2, 0.25) is 0 Å². The van der Waals surface area contributed by atoms with Gasteiger partial charge in [-0.25, -0.2) is 29.9 Å². The second kappa shape index (κ2) is 11.3. The summed E-state index contributed by atoms with van der Waals surface area (Å²) in [4.78, 5) is 39.9. The fourth-order valence-corrected chi connectivity index (χ4v) is 7.00. The average Bonchev–Trinajstić information content (AvgIpc) is 3.88. The van der Waals surface area contributed by atoms with Gasteiger partial charge >= 0.3 is 0 Å². The van der Waals surface area contributed by atoms with Gasteiger partial charge in [0.15, 0.2) is 23.3 Å².